The van der Waals surface area contributed by atoms with Crippen LogP contribution >= 0.6 is 0 Å². The van der Waals surface area contributed by atoms with Crippen LogP contribution in [0, 0.1) is 5.92 Å². The lowest BCUT2D eigenvalue weighted by atomic mass is 9.82. The molecule has 1 aliphatic rings. The Kier molecular flexibility index (Phi) is 7.80. The van der Waals surface area contributed by atoms with Crippen molar-refractivity contribution >= 4 is 0 Å². The lowest BCUT2D eigenvalue weighted by molar-refractivity contribution is 0.492. The minimum atomic E-state index is 0.827. The summed E-state index contributed by atoms with van der Waals surface area (Å²) in [4.78, 5) is 0. The van der Waals surface area contributed by atoms with Crippen LogP contribution in [-0.4, -0.2) is 0 Å². The first-order valence-electron chi connectivity index (χ1n) is 7.69. The Labute approximate surface area is 114 Å². The Morgan fingerprint density at radius 1 is 1.00 bits per heavy atom. The average Bonchev–Trinajstić information content (AvgIpc) is 2.33. The van der Waals surface area contributed by atoms with Gasteiger partial charge in [-0.1, -0.05) is 49.5 Å². The van der Waals surface area contributed by atoms with Crippen molar-refractivity contribution < 1.29 is 0 Å². The van der Waals surface area contributed by atoms with Crippen LogP contribution in [0.15, 0.2) is 36.5 Å². The SMILES string of the molecule is C=CCCC1=C(CCCCCC(C)CC=C)CC1. The predicted molar refractivity (Wildman–Crippen MR) is 82.8 cm³/mol. The second-order valence-electron chi connectivity index (χ2n) is 5.76. The summed E-state index contributed by atoms with van der Waals surface area (Å²) < 4.78 is 0. The van der Waals surface area contributed by atoms with Gasteiger partial charge in [0.15, 0.2) is 0 Å². The normalized spacial score (nSPS) is 16.3. The van der Waals surface area contributed by atoms with Crippen LogP contribution in [0.4, 0.5) is 0 Å². The topological polar surface area (TPSA) is 0 Å². The van der Waals surface area contributed by atoms with Crippen LogP contribution in [0.5, 0.6) is 0 Å². The molecule has 1 unspecified atom stereocenters. The number of allylic oxidation sites excluding steroid dienone is 4. The van der Waals surface area contributed by atoms with Gasteiger partial charge >= 0.3 is 0 Å². The first kappa shape index (κ1) is 15.3. The highest BCUT2D eigenvalue weighted by Gasteiger charge is 2.15. The van der Waals surface area contributed by atoms with Gasteiger partial charge in [-0.05, 0) is 50.9 Å². The molecule has 1 aliphatic carbocycles. The summed E-state index contributed by atoms with van der Waals surface area (Å²) in [5, 5.41) is 0. The van der Waals surface area contributed by atoms with E-state index in [9.17, 15) is 0 Å². The average molecular weight is 246 g/mol. The maximum atomic E-state index is 3.81. The van der Waals surface area contributed by atoms with Crippen LogP contribution in [0.25, 0.3) is 0 Å². The molecule has 1 atom stereocenters. The van der Waals surface area contributed by atoms with Gasteiger partial charge in [-0.2, -0.15) is 0 Å². The van der Waals surface area contributed by atoms with Crippen LogP contribution in [0.3, 0.4) is 0 Å². The molecule has 0 aromatic carbocycles. The van der Waals surface area contributed by atoms with Gasteiger partial charge in [-0.25, -0.2) is 0 Å². The molecule has 0 nitrogen and oxygen atoms in total. The first-order chi connectivity index (χ1) is 8.77. The second kappa shape index (κ2) is 9.19. The number of rotatable bonds is 11. The van der Waals surface area contributed by atoms with Gasteiger partial charge in [0.25, 0.3) is 0 Å². The summed E-state index contributed by atoms with van der Waals surface area (Å²) in [6, 6.07) is 0. The molecule has 0 heterocycles. The molecule has 0 amide bonds. The van der Waals surface area contributed by atoms with Gasteiger partial charge in [-0.15, -0.1) is 13.2 Å². The van der Waals surface area contributed by atoms with Gasteiger partial charge in [-0.3, -0.25) is 0 Å². The van der Waals surface area contributed by atoms with Gasteiger partial charge in [0, 0.05) is 0 Å². The van der Waals surface area contributed by atoms with E-state index in [1.54, 1.807) is 11.1 Å². The maximum absolute atomic E-state index is 3.81. The summed E-state index contributed by atoms with van der Waals surface area (Å²) in [7, 11) is 0. The van der Waals surface area contributed by atoms with Crippen LogP contribution in [-0.2, 0) is 0 Å². The van der Waals surface area contributed by atoms with E-state index in [0.717, 1.165) is 12.3 Å². The van der Waals surface area contributed by atoms with Crippen molar-refractivity contribution in [2.75, 3.05) is 0 Å². The molecule has 18 heavy (non-hydrogen) atoms. The largest absolute Gasteiger partial charge is 0.103 e. The molecule has 0 heteroatoms. The second-order valence-corrected chi connectivity index (χ2v) is 5.76. The van der Waals surface area contributed by atoms with Crippen molar-refractivity contribution in [1.82, 2.24) is 0 Å². The summed E-state index contributed by atoms with van der Waals surface area (Å²) in [6.45, 7) is 9.95. The predicted octanol–water partition coefficient (Wildman–Crippen LogP) is 6.21. The monoisotopic (exact) mass is 246 g/mol. The fraction of sp³-hybridized carbons (Fsp3) is 0.667. The van der Waals surface area contributed by atoms with E-state index in [0.29, 0.717) is 0 Å². The van der Waals surface area contributed by atoms with Gasteiger partial charge in [0.05, 0.1) is 0 Å². The molecule has 0 spiro atoms. The first-order valence-corrected chi connectivity index (χ1v) is 7.69. The van der Waals surface area contributed by atoms with Crippen molar-refractivity contribution in [2.45, 2.75) is 71.1 Å². The van der Waals surface area contributed by atoms with E-state index in [2.05, 4.69) is 26.2 Å². The smallest absolute Gasteiger partial charge is 0.0280 e. The third kappa shape index (κ3) is 5.71. The Balaban J connectivity index is 2.04. The molecular weight excluding hydrogens is 216 g/mol. The highest BCUT2D eigenvalue weighted by Crippen LogP contribution is 2.34. The number of hydrogen-bond acceptors (Lipinski definition) is 0. The standard InChI is InChI=1S/C18H30/c1-4-6-12-17-14-15-18(17)13-9-7-8-11-16(3)10-5-2/h4-5,16H,1-2,6-15H2,3H3. The van der Waals surface area contributed by atoms with Crippen molar-refractivity contribution in [3.63, 3.8) is 0 Å². The molecule has 0 radical (unpaired) electrons. The van der Waals surface area contributed by atoms with E-state index < -0.39 is 0 Å². The van der Waals surface area contributed by atoms with E-state index in [4.69, 9.17) is 0 Å². The highest BCUT2D eigenvalue weighted by molar-refractivity contribution is 5.24. The van der Waals surface area contributed by atoms with Crippen LogP contribution in [0.2, 0.25) is 0 Å². The van der Waals surface area contributed by atoms with Crippen molar-refractivity contribution in [1.29, 1.82) is 0 Å². The summed E-state index contributed by atoms with van der Waals surface area (Å²) >= 11 is 0. The summed E-state index contributed by atoms with van der Waals surface area (Å²) in [5.41, 5.74) is 3.52. The zero-order chi connectivity index (χ0) is 13.2. The van der Waals surface area contributed by atoms with Gasteiger partial charge in [0.2, 0.25) is 0 Å². The maximum Gasteiger partial charge on any atom is -0.0280 e. The van der Waals surface area contributed by atoms with E-state index in [-0.39, 0.29) is 0 Å². The van der Waals surface area contributed by atoms with Crippen molar-refractivity contribution in [3.05, 3.63) is 36.5 Å². The van der Waals surface area contributed by atoms with Crippen LogP contribution < -0.4 is 0 Å². The Bertz CT molecular complexity index is 282. The Morgan fingerprint density at radius 2 is 1.72 bits per heavy atom. The molecule has 0 saturated carbocycles. The molecule has 0 N–H and O–H groups in total. The number of unbranched alkanes of at least 4 members (excludes halogenated alkanes) is 2. The zero-order valence-corrected chi connectivity index (χ0v) is 12.2. The Morgan fingerprint density at radius 3 is 2.33 bits per heavy atom. The third-order valence-electron chi connectivity index (χ3n) is 4.12. The summed E-state index contributed by atoms with van der Waals surface area (Å²) in [5.74, 6) is 0.827. The van der Waals surface area contributed by atoms with Gasteiger partial charge in [0.1, 0.15) is 0 Å². The molecule has 1 rings (SSSR count). The highest BCUT2D eigenvalue weighted by atomic mass is 14.2. The molecular formula is C18H30. The molecule has 0 bridgehead atoms. The fourth-order valence-electron chi connectivity index (χ4n) is 2.77. The summed E-state index contributed by atoms with van der Waals surface area (Å²) in [6.07, 6.45) is 17.4. The Hall–Kier alpha value is -0.780. The third-order valence-corrected chi connectivity index (χ3v) is 4.12. The van der Waals surface area contributed by atoms with E-state index >= 15 is 0 Å². The minimum absolute atomic E-state index is 0.827. The molecule has 102 valence electrons. The molecule has 0 saturated heterocycles. The zero-order valence-electron chi connectivity index (χ0n) is 12.2. The van der Waals surface area contributed by atoms with Crippen molar-refractivity contribution in [3.8, 4) is 0 Å². The fourth-order valence-corrected chi connectivity index (χ4v) is 2.77. The van der Waals surface area contributed by atoms with E-state index in [1.807, 2.05) is 6.08 Å². The van der Waals surface area contributed by atoms with Crippen molar-refractivity contribution in [2.24, 2.45) is 5.92 Å². The molecule has 0 fully saturated rings. The lowest BCUT2D eigenvalue weighted by Crippen LogP contribution is -2.04. The quantitative estimate of drug-likeness (QED) is 0.300. The van der Waals surface area contributed by atoms with Gasteiger partial charge < -0.3 is 0 Å². The lowest BCUT2D eigenvalue weighted by Gasteiger charge is -2.24. The molecule has 0 aromatic rings. The number of hydrogen-bond donors (Lipinski definition) is 0. The molecule has 0 aliphatic heterocycles. The van der Waals surface area contributed by atoms with E-state index in [1.165, 1.54) is 57.8 Å². The molecule has 0 aromatic heterocycles. The van der Waals surface area contributed by atoms with Crippen LogP contribution in [0.1, 0.15) is 71.1 Å². The minimum Gasteiger partial charge on any atom is -0.103 e.